The van der Waals surface area contributed by atoms with Crippen molar-refractivity contribution < 1.29 is 9.13 Å². The van der Waals surface area contributed by atoms with Gasteiger partial charge in [0.1, 0.15) is 18.2 Å². The van der Waals surface area contributed by atoms with Crippen LogP contribution in [0.1, 0.15) is 16.7 Å². The van der Waals surface area contributed by atoms with Crippen LogP contribution in [0, 0.1) is 12.7 Å². The average Bonchev–Trinajstić information content (AvgIpc) is 2.41. The molecule has 4 heteroatoms. The molecule has 0 amide bonds. The van der Waals surface area contributed by atoms with Gasteiger partial charge in [-0.2, -0.15) is 0 Å². The van der Waals surface area contributed by atoms with Crippen molar-refractivity contribution in [1.82, 2.24) is 0 Å². The van der Waals surface area contributed by atoms with Crippen molar-refractivity contribution in [3.63, 3.8) is 0 Å². The number of hydrogen-bond donors (Lipinski definition) is 0. The van der Waals surface area contributed by atoms with Gasteiger partial charge in [0, 0.05) is 11.1 Å². The van der Waals surface area contributed by atoms with Crippen molar-refractivity contribution in [3.8, 4) is 5.75 Å². The molecule has 0 unspecified atom stereocenters. The third-order valence-corrected chi connectivity index (χ3v) is 3.49. The molecule has 0 bridgehead atoms. The summed E-state index contributed by atoms with van der Waals surface area (Å²) in [6, 6.07) is 10.4. The normalized spacial score (nSPS) is 10.5. The van der Waals surface area contributed by atoms with Gasteiger partial charge in [0.25, 0.3) is 0 Å². The smallest absolute Gasteiger partial charge is 0.142 e. The molecule has 0 saturated carbocycles. The molecule has 0 radical (unpaired) electrons. The summed E-state index contributed by atoms with van der Waals surface area (Å²) in [5.41, 5.74) is 2.64. The largest absolute Gasteiger partial charge is 0.489 e. The van der Waals surface area contributed by atoms with Gasteiger partial charge >= 0.3 is 0 Å². The fraction of sp³-hybridized carbons (Fsp3) is 0.200. The minimum absolute atomic E-state index is 0.0991. The van der Waals surface area contributed by atoms with E-state index in [9.17, 15) is 4.39 Å². The maximum atomic E-state index is 13.3. The van der Waals surface area contributed by atoms with Crippen LogP contribution in [-0.2, 0) is 12.5 Å². The van der Waals surface area contributed by atoms with Gasteiger partial charge in [-0.25, -0.2) is 4.39 Å². The predicted octanol–water partition coefficient (Wildman–Crippen LogP) is 5.11. The van der Waals surface area contributed by atoms with Crippen LogP contribution in [-0.4, -0.2) is 0 Å². The molecule has 2 rings (SSSR count). The second-order valence-electron chi connectivity index (χ2n) is 4.25. The third-order valence-electron chi connectivity index (χ3n) is 2.77. The Morgan fingerprint density at radius 1 is 1.16 bits per heavy atom. The zero-order valence-corrected chi connectivity index (χ0v) is 11.9. The number of alkyl halides is 1. The van der Waals surface area contributed by atoms with Crippen LogP contribution < -0.4 is 4.74 Å². The van der Waals surface area contributed by atoms with Crippen LogP contribution in [0.2, 0.25) is 5.02 Å². The van der Waals surface area contributed by atoms with Gasteiger partial charge in [0.15, 0.2) is 0 Å². The minimum Gasteiger partial charge on any atom is -0.489 e. The first-order valence-electron chi connectivity index (χ1n) is 5.83. The Balaban J connectivity index is 2.17. The molecule has 100 valence electrons. The average molecular weight is 299 g/mol. The molecule has 0 aromatic heterocycles. The highest BCUT2D eigenvalue weighted by Crippen LogP contribution is 2.25. The lowest BCUT2D eigenvalue weighted by Crippen LogP contribution is -1.99. The molecule has 0 fully saturated rings. The van der Waals surface area contributed by atoms with Crippen LogP contribution in [0.3, 0.4) is 0 Å². The van der Waals surface area contributed by atoms with Gasteiger partial charge in [-0.15, -0.1) is 11.6 Å². The lowest BCUT2D eigenvalue weighted by Gasteiger charge is -2.12. The van der Waals surface area contributed by atoms with E-state index in [1.54, 1.807) is 12.1 Å². The van der Waals surface area contributed by atoms with Crippen LogP contribution in [0.5, 0.6) is 5.75 Å². The highest BCUT2D eigenvalue weighted by Gasteiger charge is 2.08. The van der Waals surface area contributed by atoms with E-state index in [1.807, 2.05) is 25.1 Å². The second-order valence-corrected chi connectivity index (χ2v) is 4.89. The molecule has 19 heavy (non-hydrogen) atoms. The number of rotatable bonds is 4. The standard InChI is InChI=1S/C15H13Cl2FO/c1-10-5-6-14(12(7-10)8-16)19-9-11-3-2-4-13(18)15(11)17/h2-7H,8-9H2,1H3. The van der Waals surface area contributed by atoms with E-state index >= 15 is 0 Å². The molecular formula is C15H13Cl2FO. The Labute approximate surface area is 121 Å². The highest BCUT2D eigenvalue weighted by molar-refractivity contribution is 6.31. The fourth-order valence-electron chi connectivity index (χ4n) is 1.77. The summed E-state index contributed by atoms with van der Waals surface area (Å²) in [5, 5.41) is 0.0991. The maximum Gasteiger partial charge on any atom is 0.142 e. The van der Waals surface area contributed by atoms with Crippen molar-refractivity contribution in [2.75, 3.05) is 0 Å². The zero-order chi connectivity index (χ0) is 13.8. The number of aryl methyl sites for hydroxylation is 1. The molecule has 0 heterocycles. The van der Waals surface area contributed by atoms with Crippen molar-refractivity contribution in [2.24, 2.45) is 0 Å². The molecule has 1 nitrogen and oxygen atoms in total. The van der Waals surface area contributed by atoms with Crippen molar-refractivity contribution >= 4 is 23.2 Å². The van der Waals surface area contributed by atoms with Crippen LogP contribution in [0.15, 0.2) is 36.4 Å². The Morgan fingerprint density at radius 3 is 2.68 bits per heavy atom. The molecule has 0 aliphatic rings. The van der Waals surface area contributed by atoms with Crippen molar-refractivity contribution in [2.45, 2.75) is 19.4 Å². The quantitative estimate of drug-likeness (QED) is 0.713. The summed E-state index contributed by atoms with van der Waals surface area (Å²) in [6.07, 6.45) is 0. The van der Waals surface area contributed by atoms with E-state index in [1.165, 1.54) is 6.07 Å². The van der Waals surface area contributed by atoms with E-state index < -0.39 is 5.82 Å². The maximum absolute atomic E-state index is 13.3. The Kier molecular flexibility index (Phi) is 4.67. The van der Waals surface area contributed by atoms with E-state index in [0.717, 1.165) is 11.1 Å². The lowest BCUT2D eigenvalue weighted by atomic mass is 10.1. The number of benzene rings is 2. The van der Waals surface area contributed by atoms with Gasteiger partial charge in [-0.05, 0) is 19.1 Å². The summed E-state index contributed by atoms with van der Waals surface area (Å²) in [5.74, 6) is 0.624. The molecule has 0 aliphatic carbocycles. The molecule has 2 aromatic rings. The summed E-state index contributed by atoms with van der Waals surface area (Å²) >= 11 is 11.8. The predicted molar refractivity (Wildman–Crippen MR) is 76.5 cm³/mol. The third kappa shape index (κ3) is 3.40. The highest BCUT2D eigenvalue weighted by atomic mass is 35.5. The molecule has 0 spiro atoms. The fourth-order valence-corrected chi connectivity index (χ4v) is 2.16. The van der Waals surface area contributed by atoms with Crippen LogP contribution in [0.25, 0.3) is 0 Å². The first-order chi connectivity index (χ1) is 9.11. The van der Waals surface area contributed by atoms with Gasteiger partial charge in [-0.3, -0.25) is 0 Å². The molecular weight excluding hydrogens is 286 g/mol. The summed E-state index contributed by atoms with van der Waals surface area (Å²) in [4.78, 5) is 0. The first kappa shape index (κ1) is 14.2. The summed E-state index contributed by atoms with van der Waals surface area (Å²) < 4.78 is 19.0. The number of ether oxygens (including phenoxy) is 1. The van der Waals surface area contributed by atoms with Crippen molar-refractivity contribution in [1.29, 1.82) is 0 Å². The van der Waals surface area contributed by atoms with E-state index in [2.05, 4.69) is 0 Å². The zero-order valence-electron chi connectivity index (χ0n) is 10.4. The Hall–Kier alpha value is -1.25. The van der Waals surface area contributed by atoms with Gasteiger partial charge < -0.3 is 4.74 Å². The summed E-state index contributed by atoms with van der Waals surface area (Å²) in [7, 11) is 0. The molecule has 0 saturated heterocycles. The topological polar surface area (TPSA) is 9.23 Å². The van der Waals surface area contributed by atoms with Crippen LogP contribution >= 0.6 is 23.2 Å². The molecule has 2 aromatic carbocycles. The van der Waals surface area contributed by atoms with E-state index in [-0.39, 0.29) is 11.6 Å². The van der Waals surface area contributed by atoms with Gasteiger partial charge in [0.05, 0.1) is 10.9 Å². The van der Waals surface area contributed by atoms with Gasteiger partial charge in [-0.1, -0.05) is 41.4 Å². The van der Waals surface area contributed by atoms with Crippen molar-refractivity contribution in [3.05, 3.63) is 63.9 Å². The molecule has 0 N–H and O–H groups in total. The van der Waals surface area contributed by atoms with Gasteiger partial charge in [0.2, 0.25) is 0 Å². The first-order valence-corrected chi connectivity index (χ1v) is 6.74. The SMILES string of the molecule is Cc1ccc(OCc2cccc(F)c2Cl)c(CCl)c1. The minimum atomic E-state index is -0.441. The lowest BCUT2D eigenvalue weighted by molar-refractivity contribution is 0.303. The Bertz CT molecular complexity index is 584. The second kappa shape index (κ2) is 6.27. The van der Waals surface area contributed by atoms with E-state index in [4.69, 9.17) is 27.9 Å². The molecule has 0 atom stereocenters. The van der Waals surface area contributed by atoms with E-state index in [0.29, 0.717) is 17.2 Å². The monoisotopic (exact) mass is 298 g/mol. The summed E-state index contributed by atoms with van der Waals surface area (Å²) in [6.45, 7) is 2.20. The number of hydrogen-bond acceptors (Lipinski definition) is 1. The Morgan fingerprint density at radius 2 is 1.95 bits per heavy atom. The van der Waals surface area contributed by atoms with Crippen LogP contribution in [0.4, 0.5) is 4.39 Å². The molecule has 0 aliphatic heterocycles. The number of halogens is 3.